The van der Waals surface area contributed by atoms with Crippen LogP contribution < -0.4 is 4.74 Å². The Kier molecular flexibility index (Phi) is 6.64. The zero-order valence-electron chi connectivity index (χ0n) is 18.0. The van der Waals surface area contributed by atoms with Crippen LogP contribution >= 0.6 is 0 Å². The Labute approximate surface area is 188 Å². The van der Waals surface area contributed by atoms with E-state index < -0.39 is 11.7 Å². The molecule has 174 valence electrons. The summed E-state index contributed by atoms with van der Waals surface area (Å²) in [6.45, 7) is 4.53. The average Bonchev–Trinajstić information content (AvgIpc) is 3.26. The van der Waals surface area contributed by atoms with Crippen LogP contribution in [0.15, 0.2) is 53.1 Å². The van der Waals surface area contributed by atoms with Gasteiger partial charge in [-0.2, -0.15) is 18.2 Å². The zero-order chi connectivity index (χ0) is 23.4. The highest BCUT2D eigenvalue weighted by Crippen LogP contribution is 2.30. The topological polar surface area (TPSA) is 71.7 Å². The van der Waals surface area contributed by atoms with E-state index >= 15 is 0 Å². The molecule has 33 heavy (non-hydrogen) atoms. The van der Waals surface area contributed by atoms with Crippen LogP contribution in [0.3, 0.4) is 0 Å². The number of hydrogen-bond donors (Lipinski definition) is 0. The highest BCUT2D eigenvalue weighted by molar-refractivity contribution is 5.77. The molecule has 0 atom stereocenters. The molecule has 0 spiro atoms. The van der Waals surface area contributed by atoms with Crippen molar-refractivity contribution in [3.8, 4) is 17.1 Å². The SMILES string of the molecule is Cc1ccccc1-c1noc(CN2CCN(C(=O)COc3ccc(C(F)(F)F)cc3)CC2)n1. The molecule has 0 radical (unpaired) electrons. The van der Waals surface area contributed by atoms with Gasteiger partial charge in [0, 0.05) is 31.7 Å². The Morgan fingerprint density at radius 1 is 1.06 bits per heavy atom. The van der Waals surface area contributed by atoms with Gasteiger partial charge >= 0.3 is 6.18 Å². The van der Waals surface area contributed by atoms with Crippen molar-refractivity contribution >= 4 is 5.91 Å². The van der Waals surface area contributed by atoms with Crippen LogP contribution in [0.2, 0.25) is 0 Å². The minimum atomic E-state index is -4.41. The quantitative estimate of drug-likeness (QED) is 0.558. The second-order valence-corrected chi connectivity index (χ2v) is 7.79. The van der Waals surface area contributed by atoms with Crippen LogP contribution in [0.25, 0.3) is 11.4 Å². The third-order valence-electron chi connectivity index (χ3n) is 5.48. The van der Waals surface area contributed by atoms with E-state index in [1.165, 1.54) is 12.1 Å². The fourth-order valence-electron chi connectivity index (χ4n) is 3.58. The van der Waals surface area contributed by atoms with Gasteiger partial charge in [-0.1, -0.05) is 29.4 Å². The Hall–Kier alpha value is -3.40. The molecule has 3 aromatic rings. The molecule has 0 aliphatic carbocycles. The monoisotopic (exact) mass is 460 g/mol. The third kappa shape index (κ3) is 5.70. The maximum absolute atomic E-state index is 12.6. The normalized spacial score (nSPS) is 15.0. The van der Waals surface area contributed by atoms with E-state index in [0.29, 0.717) is 44.4 Å². The van der Waals surface area contributed by atoms with E-state index in [4.69, 9.17) is 9.26 Å². The molecule has 1 aliphatic heterocycles. The Balaban J connectivity index is 1.23. The lowest BCUT2D eigenvalue weighted by molar-refractivity contribution is -0.138. The molecule has 10 heteroatoms. The molecule has 0 bridgehead atoms. The van der Waals surface area contributed by atoms with E-state index in [-0.39, 0.29) is 18.3 Å². The molecule has 1 amide bonds. The maximum atomic E-state index is 12.6. The molecule has 2 heterocycles. The average molecular weight is 460 g/mol. The summed E-state index contributed by atoms with van der Waals surface area (Å²) in [4.78, 5) is 20.7. The van der Waals surface area contributed by atoms with Crippen LogP contribution in [0.1, 0.15) is 17.0 Å². The van der Waals surface area contributed by atoms with Gasteiger partial charge in [0.2, 0.25) is 11.7 Å². The lowest BCUT2D eigenvalue weighted by Gasteiger charge is -2.33. The summed E-state index contributed by atoms with van der Waals surface area (Å²) in [5.41, 5.74) is 1.23. The minimum Gasteiger partial charge on any atom is -0.484 e. The number of aromatic nitrogens is 2. The van der Waals surface area contributed by atoms with E-state index in [0.717, 1.165) is 23.3 Å². The summed E-state index contributed by atoms with van der Waals surface area (Å²) in [5.74, 6) is 1.07. The number of aryl methyl sites for hydroxylation is 1. The molecule has 0 unspecified atom stereocenters. The van der Waals surface area contributed by atoms with Crippen molar-refractivity contribution in [3.63, 3.8) is 0 Å². The Morgan fingerprint density at radius 2 is 1.76 bits per heavy atom. The molecule has 4 rings (SSSR count). The van der Waals surface area contributed by atoms with Crippen LogP contribution in [0.4, 0.5) is 13.2 Å². The molecule has 1 aliphatic rings. The second-order valence-electron chi connectivity index (χ2n) is 7.79. The molecule has 7 nitrogen and oxygen atoms in total. The van der Waals surface area contributed by atoms with E-state index in [1.807, 2.05) is 31.2 Å². The number of alkyl halides is 3. The van der Waals surface area contributed by atoms with Gasteiger partial charge in [-0.3, -0.25) is 9.69 Å². The molecule has 0 N–H and O–H groups in total. The second kappa shape index (κ2) is 9.62. The van der Waals surface area contributed by atoms with Crippen molar-refractivity contribution in [1.82, 2.24) is 19.9 Å². The third-order valence-corrected chi connectivity index (χ3v) is 5.48. The molecule has 0 saturated carbocycles. The number of halogens is 3. The van der Waals surface area contributed by atoms with Crippen molar-refractivity contribution in [1.29, 1.82) is 0 Å². The minimum absolute atomic E-state index is 0.214. The fourth-order valence-corrected chi connectivity index (χ4v) is 3.58. The van der Waals surface area contributed by atoms with Gasteiger partial charge in [0.1, 0.15) is 5.75 Å². The van der Waals surface area contributed by atoms with Crippen molar-refractivity contribution in [2.24, 2.45) is 0 Å². The van der Waals surface area contributed by atoms with Crippen molar-refractivity contribution in [2.45, 2.75) is 19.6 Å². The van der Waals surface area contributed by atoms with Gasteiger partial charge in [0.15, 0.2) is 6.61 Å². The number of nitrogens with zero attached hydrogens (tertiary/aromatic N) is 4. The number of ether oxygens (including phenoxy) is 1. The van der Waals surface area contributed by atoms with E-state index in [2.05, 4.69) is 15.0 Å². The molecule has 1 fully saturated rings. The molecule has 2 aromatic carbocycles. The van der Waals surface area contributed by atoms with Gasteiger partial charge in [0.05, 0.1) is 12.1 Å². The number of piperazine rings is 1. The summed E-state index contributed by atoms with van der Waals surface area (Å²) in [5, 5.41) is 4.07. The van der Waals surface area contributed by atoms with Crippen molar-refractivity contribution < 1.29 is 27.2 Å². The summed E-state index contributed by atoms with van der Waals surface area (Å²) >= 11 is 0. The molecule has 1 saturated heterocycles. The Bertz CT molecular complexity index is 1090. The first-order valence-corrected chi connectivity index (χ1v) is 10.5. The first-order valence-electron chi connectivity index (χ1n) is 10.5. The number of benzene rings is 2. The number of carbonyl (C=O) groups is 1. The highest BCUT2D eigenvalue weighted by atomic mass is 19.4. The fraction of sp³-hybridized carbons (Fsp3) is 0.348. The lowest BCUT2D eigenvalue weighted by Crippen LogP contribution is -2.49. The largest absolute Gasteiger partial charge is 0.484 e. The van der Waals surface area contributed by atoms with Crippen LogP contribution in [0.5, 0.6) is 5.75 Å². The smallest absolute Gasteiger partial charge is 0.416 e. The standard InChI is InChI=1S/C23H23F3N4O3/c1-16-4-2-3-5-19(16)22-27-20(33-28-22)14-29-10-12-30(13-11-29)21(31)15-32-18-8-6-17(7-9-18)23(24,25)26/h2-9H,10-15H2,1H3. The first-order chi connectivity index (χ1) is 15.8. The van der Waals surface area contributed by atoms with Gasteiger partial charge in [-0.15, -0.1) is 0 Å². The number of carbonyl (C=O) groups excluding carboxylic acids is 1. The highest BCUT2D eigenvalue weighted by Gasteiger charge is 2.30. The first kappa shape index (κ1) is 22.8. The van der Waals surface area contributed by atoms with Gasteiger partial charge in [-0.25, -0.2) is 0 Å². The summed E-state index contributed by atoms with van der Waals surface area (Å²) in [7, 11) is 0. The van der Waals surface area contributed by atoms with Crippen LogP contribution in [-0.4, -0.2) is 58.6 Å². The number of hydrogen-bond acceptors (Lipinski definition) is 6. The summed E-state index contributed by atoms with van der Waals surface area (Å²) < 4.78 is 48.6. The number of amides is 1. The number of rotatable bonds is 6. The van der Waals surface area contributed by atoms with Crippen molar-refractivity contribution in [3.05, 3.63) is 65.5 Å². The molecular formula is C23H23F3N4O3. The maximum Gasteiger partial charge on any atom is 0.416 e. The lowest BCUT2D eigenvalue weighted by atomic mass is 10.1. The Morgan fingerprint density at radius 3 is 2.42 bits per heavy atom. The molecule has 1 aromatic heterocycles. The molecular weight excluding hydrogens is 437 g/mol. The van der Waals surface area contributed by atoms with E-state index in [1.54, 1.807) is 4.90 Å². The zero-order valence-corrected chi connectivity index (χ0v) is 18.0. The summed E-state index contributed by atoms with van der Waals surface area (Å²) in [6.07, 6.45) is -4.41. The van der Waals surface area contributed by atoms with E-state index in [9.17, 15) is 18.0 Å². The predicted molar refractivity (Wildman–Crippen MR) is 113 cm³/mol. The van der Waals surface area contributed by atoms with Crippen LogP contribution in [0, 0.1) is 6.92 Å². The van der Waals surface area contributed by atoms with Gasteiger partial charge in [-0.05, 0) is 36.8 Å². The van der Waals surface area contributed by atoms with Crippen molar-refractivity contribution in [2.75, 3.05) is 32.8 Å². The van der Waals surface area contributed by atoms with Gasteiger partial charge in [0.25, 0.3) is 5.91 Å². The summed E-state index contributed by atoms with van der Waals surface area (Å²) in [6, 6.07) is 12.1. The van der Waals surface area contributed by atoms with Crippen LogP contribution in [-0.2, 0) is 17.5 Å². The van der Waals surface area contributed by atoms with Gasteiger partial charge < -0.3 is 14.2 Å². The predicted octanol–water partition coefficient (Wildman–Crippen LogP) is 3.79.